The smallest absolute Gasteiger partial charge is 0.229 e. The standard InChI is InChI=1S/C20H22ClFN4/c1-12(20(2,3)4)23-18-14-7-5-6-8-17(14)25-19(26-18)24-13-9-10-16(22)15(21)11-13/h5-12H,1-4H3,(H2,23,24,25,26)/t12-/m1/s1. The van der Waals surface area contributed by atoms with Crippen LogP contribution in [-0.4, -0.2) is 16.0 Å². The molecule has 0 aliphatic carbocycles. The van der Waals surface area contributed by atoms with Gasteiger partial charge in [-0.3, -0.25) is 0 Å². The lowest BCUT2D eigenvalue weighted by molar-refractivity contribution is 0.359. The minimum absolute atomic E-state index is 0.0514. The predicted molar refractivity (Wildman–Crippen MR) is 107 cm³/mol. The SMILES string of the molecule is C[C@@H](Nc1nc(Nc2ccc(F)c(Cl)c2)nc2ccccc12)C(C)(C)C. The molecule has 0 bridgehead atoms. The molecule has 1 heterocycles. The Morgan fingerprint density at radius 2 is 1.81 bits per heavy atom. The molecule has 0 radical (unpaired) electrons. The number of hydrogen-bond donors (Lipinski definition) is 2. The topological polar surface area (TPSA) is 49.8 Å². The lowest BCUT2D eigenvalue weighted by Crippen LogP contribution is -2.31. The van der Waals surface area contributed by atoms with E-state index in [0.29, 0.717) is 11.6 Å². The van der Waals surface area contributed by atoms with Crippen LogP contribution < -0.4 is 10.6 Å². The minimum atomic E-state index is -0.460. The van der Waals surface area contributed by atoms with Crippen LogP contribution in [0.5, 0.6) is 0 Å². The summed E-state index contributed by atoms with van der Waals surface area (Å²) in [5.74, 6) is 0.724. The molecular weight excluding hydrogens is 351 g/mol. The fourth-order valence-electron chi connectivity index (χ4n) is 2.37. The molecule has 0 aliphatic rings. The molecule has 6 heteroatoms. The average molecular weight is 373 g/mol. The summed E-state index contributed by atoms with van der Waals surface area (Å²) in [5, 5.41) is 7.60. The molecule has 0 unspecified atom stereocenters. The summed E-state index contributed by atoms with van der Waals surface area (Å²) < 4.78 is 13.4. The van der Waals surface area contributed by atoms with Gasteiger partial charge in [0.05, 0.1) is 10.5 Å². The van der Waals surface area contributed by atoms with Crippen molar-refractivity contribution in [1.82, 2.24) is 9.97 Å². The summed E-state index contributed by atoms with van der Waals surface area (Å²) in [5.41, 5.74) is 1.52. The van der Waals surface area contributed by atoms with Gasteiger partial charge in [0.25, 0.3) is 0 Å². The zero-order valence-electron chi connectivity index (χ0n) is 15.3. The van der Waals surface area contributed by atoms with Gasteiger partial charge in [0.15, 0.2) is 0 Å². The Morgan fingerprint density at radius 1 is 1.08 bits per heavy atom. The van der Waals surface area contributed by atoms with Crippen molar-refractivity contribution >= 4 is 40.0 Å². The molecule has 0 saturated carbocycles. The Labute approximate surface area is 157 Å². The van der Waals surface area contributed by atoms with Crippen molar-refractivity contribution in [3.63, 3.8) is 0 Å². The van der Waals surface area contributed by atoms with Gasteiger partial charge in [0.2, 0.25) is 5.95 Å². The summed E-state index contributed by atoms with van der Waals surface area (Å²) >= 11 is 5.86. The molecule has 3 aromatic rings. The van der Waals surface area contributed by atoms with Crippen molar-refractivity contribution in [3.05, 3.63) is 53.3 Å². The molecule has 0 fully saturated rings. The molecule has 3 rings (SSSR count). The number of hydrogen-bond acceptors (Lipinski definition) is 4. The van der Waals surface area contributed by atoms with Crippen LogP contribution >= 0.6 is 11.6 Å². The second-order valence-electron chi connectivity index (χ2n) is 7.40. The van der Waals surface area contributed by atoms with E-state index in [1.807, 2.05) is 24.3 Å². The van der Waals surface area contributed by atoms with Gasteiger partial charge in [-0.15, -0.1) is 0 Å². The Hall–Kier alpha value is -2.40. The predicted octanol–water partition coefficient (Wildman–Crippen LogP) is 6.01. The largest absolute Gasteiger partial charge is 0.366 e. The van der Waals surface area contributed by atoms with Crippen LogP contribution in [0.2, 0.25) is 5.02 Å². The summed E-state index contributed by atoms with van der Waals surface area (Å²) in [6, 6.07) is 12.5. The second kappa shape index (κ2) is 7.08. The highest BCUT2D eigenvalue weighted by Gasteiger charge is 2.21. The zero-order chi connectivity index (χ0) is 18.9. The van der Waals surface area contributed by atoms with Crippen LogP contribution in [-0.2, 0) is 0 Å². The van der Waals surface area contributed by atoms with Crippen LogP contribution in [0.15, 0.2) is 42.5 Å². The first-order valence-corrected chi connectivity index (χ1v) is 8.87. The van der Waals surface area contributed by atoms with Crippen molar-refractivity contribution in [2.45, 2.75) is 33.7 Å². The number of nitrogens with zero attached hydrogens (tertiary/aromatic N) is 2. The number of nitrogens with one attached hydrogen (secondary N) is 2. The first-order valence-electron chi connectivity index (χ1n) is 8.49. The fourth-order valence-corrected chi connectivity index (χ4v) is 2.55. The van der Waals surface area contributed by atoms with Gasteiger partial charge in [-0.1, -0.05) is 44.5 Å². The normalized spacial score (nSPS) is 12.8. The van der Waals surface area contributed by atoms with E-state index in [1.54, 1.807) is 6.07 Å². The lowest BCUT2D eigenvalue weighted by Gasteiger charge is -2.29. The number of halogens is 2. The van der Waals surface area contributed by atoms with Crippen LogP contribution in [0.25, 0.3) is 10.9 Å². The number of fused-ring (bicyclic) bond motifs is 1. The van der Waals surface area contributed by atoms with Gasteiger partial charge in [0, 0.05) is 17.1 Å². The van der Waals surface area contributed by atoms with E-state index in [9.17, 15) is 4.39 Å². The Bertz CT molecular complexity index is 937. The molecule has 1 aromatic heterocycles. The second-order valence-corrected chi connectivity index (χ2v) is 7.81. The van der Waals surface area contributed by atoms with Crippen LogP contribution in [0.4, 0.5) is 21.8 Å². The molecule has 0 saturated heterocycles. The molecule has 0 aliphatic heterocycles. The molecule has 136 valence electrons. The molecule has 1 atom stereocenters. The van der Waals surface area contributed by atoms with E-state index in [-0.39, 0.29) is 16.5 Å². The van der Waals surface area contributed by atoms with Gasteiger partial charge in [0.1, 0.15) is 11.6 Å². The first-order chi connectivity index (χ1) is 12.2. The fraction of sp³-hybridized carbons (Fsp3) is 0.300. The van der Waals surface area contributed by atoms with Crippen molar-refractivity contribution in [2.24, 2.45) is 5.41 Å². The Kier molecular flexibility index (Phi) is 5.01. The molecule has 4 nitrogen and oxygen atoms in total. The summed E-state index contributed by atoms with van der Waals surface area (Å²) in [6.07, 6.45) is 0. The average Bonchev–Trinajstić information content (AvgIpc) is 2.57. The highest BCUT2D eigenvalue weighted by Crippen LogP contribution is 2.28. The quantitative estimate of drug-likeness (QED) is 0.588. The maximum absolute atomic E-state index is 13.4. The van der Waals surface area contributed by atoms with E-state index < -0.39 is 5.82 Å². The highest BCUT2D eigenvalue weighted by molar-refractivity contribution is 6.31. The minimum Gasteiger partial charge on any atom is -0.366 e. The van der Waals surface area contributed by atoms with Crippen LogP contribution in [0, 0.1) is 11.2 Å². The first kappa shape index (κ1) is 18.4. The zero-order valence-corrected chi connectivity index (χ0v) is 16.0. The lowest BCUT2D eigenvalue weighted by atomic mass is 9.88. The Balaban J connectivity index is 1.99. The third-order valence-electron chi connectivity index (χ3n) is 4.43. The number of para-hydroxylation sites is 1. The third-order valence-corrected chi connectivity index (χ3v) is 4.72. The van der Waals surface area contributed by atoms with E-state index in [1.165, 1.54) is 12.1 Å². The maximum atomic E-state index is 13.4. The molecule has 0 spiro atoms. The van der Waals surface area contributed by atoms with Crippen LogP contribution in [0.1, 0.15) is 27.7 Å². The summed E-state index contributed by atoms with van der Waals surface area (Å²) in [4.78, 5) is 9.19. The van der Waals surface area contributed by atoms with Gasteiger partial charge in [-0.05, 0) is 42.7 Å². The number of anilines is 3. The highest BCUT2D eigenvalue weighted by atomic mass is 35.5. The van der Waals surface area contributed by atoms with Crippen molar-refractivity contribution < 1.29 is 4.39 Å². The monoisotopic (exact) mass is 372 g/mol. The number of benzene rings is 2. The van der Waals surface area contributed by atoms with E-state index in [0.717, 1.165) is 16.7 Å². The van der Waals surface area contributed by atoms with Gasteiger partial charge in [-0.25, -0.2) is 9.37 Å². The van der Waals surface area contributed by atoms with Gasteiger partial charge in [-0.2, -0.15) is 4.98 Å². The van der Waals surface area contributed by atoms with E-state index in [4.69, 9.17) is 11.6 Å². The molecule has 26 heavy (non-hydrogen) atoms. The number of aromatic nitrogens is 2. The van der Waals surface area contributed by atoms with Gasteiger partial charge < -0.3 is 10.6 Å². The molecular formula is C20H22ClFN4. The Morgan fingerprint density at radius 3 is 2.50 bits per heavy atom. The van der Waals surface area contributed by atoms with Crippen molar-refractivity contribution in [3.8, 4) is 0 Å². The van der Waals surface area contributed by atoms with Crippen LogP contribution in [0.3, 0.4) is 0 Å². The third kappa shape index (κ3) is 4.05. The summed E-state index contributed by atoms with van der Waals surface area (Å²) in [6.45, 7) is 8.65. The molecule has 0 amide bonds. The summed E-state index contributed by atoms with van der Waals surface area (Å²) in [7, 11) is 0. The maximum Gasteiger partial charge on any atom is 0.229 e. The molecule has 2 aromatic carbocycles. The van der Waals surface area contributed by atoms with Crippen molar-refractivity contribution in [1.29, 1.82) is 0 Å². The van der Waals surface area contributed by atoms with E-state index in [2.05, 4.69) is 48.3 Å². The molecule has 2 N–H and O–H groups in total. The van der Waals surface area contributed by atoms with E-state index >= 15 is 0 Å². The van der Waals surface area contributed by atoms with Gasteiger partial charge >= 0.3 is 0 Å². The number of rotatable bonds is 4. The van der Waals surface area contributed by atoms with Crippen molar-refractivity contribution in [2.75, 3.05) is 10.6 Å².